The van der Waals surface area contributed by atoms with Gasteiger partial charge in [0, 0.05) is 10.9 Å². The monoisotopic (exact) mass is 554 g/mol. The summed E-state index contributed by atoms with van der Waals surface area (Å²) in [7, 11) is 0. The highest BCUT2D eigenvalue weighted by molar-refractivity contribution is 9.10. The number of hydrogen-bond acceptors (Lipinski definition) is 5. The molecule has 3 atom stereocenters. The van der Waals surface area contributed by atoms with Gasteiger partial charge in [0.1, 0.15) is 11.5 Å². The molecule has 6 nitrogen and oxygen atoms in total. The maximum Gasteiger partial charge on any atom is 0.404 e. The van der Waals surface area contributed by atoms with Gasteiger partial charge in [-0.1, -0.05) is 57.9 Å². The zero-order valence-corrected chi connectivity index (χ0v) is 20.5. The fourth-order valence-electron chi connectivity index (χ4n) is 3.80. The van der Waals surface area contributed by atoms with Gasteiger partial charge in [0.25, 0.3) is 5.91 Å². The molecule has 3 unspecified atom stereocenters. The van der Waals surface area contributed by atoms with Crippen molar-refractivity contribution >= 4 is 45.2 Å². The topological polar surface area (TPSA) is 73.8 Å². The van der Waals surface area contributed by atoms with E-state index in [-0.39, 0.29) is 17.7 Å². The summed E-state index contributed by atoms with van der Waals surface area (Å²) in [6.07, 6.45) is -4.72. The van der Waals surface area contributed by atoms with E-state index >= 15 is 0 Å². The van der Waals surface area contributed by atoms with Crippen LogP contribution in [-0.2, 0) is 9.59 Å². The first kappa shape index (κ1) is 24.7. The van der Waals surface area contributed by atoms with Crippen LogP contribution in [-0.4, -0.2) is 46.0 Å². The number of carbonyl (C=O) groups is 2. The summed E-state index contributed by atoms with van der Waals surface area (Å²) in [5.74, 6) is -1.21. The van der Waals surface area contributed by atoms with Crippen molar-refractivity contribution in [1.29, 1.82) is 0 Å². The van der Waals surface area contributed by atoms with Gasteiger partial charge in [-0.2, -0.15) is 18.3 Å². The number of carbonyl (C=O) groups excluding carboxylic acids is 2. The molecule has 0 spiro atoms. The number of hydrogen-bond donors (Lipinski definition) is 2. The van der Waals surface area contributed by atoms with Crippen LogP contribution in [0.2, 0.25) is 0 Å². The number of benzene rings is 2. The number of nitrogens with zero attached hydrogens (tertiary/aromatic N) is 2. The first-order valence-corrected chi connectivity index (χ1v) is 12.4. The van der Waals surface area contributed by atoms with Crippen molar-refractivity contribution in [1.82, 2.24) is 15.6 Å². The molecular formula is C23H22BrF3N4O2S. The minimum atomic E-state index is -4.55. The van der Waals surface area contributed by atoms with E-state index in [1.165, 1.54) is 5.01 Å². The molecule has 4 rings (SSSR count). The van der Waals surface area contributed by atoms with Crippen LogP contribution in [0.15, 0.2) is 58.1 Å². The Bertz CT molecular complexity index is 1090. The Kier molecular flexibility index (Phi) is 7.34. The molecule has 2 aliphatic rings. The number of thioether (sulfide) groups is 1. The van der Waals surface area contributed by atoms with Gasteiger partial charge < -0.3 is 5.32 Å². The number of aryl methyl sites for hydroxylation is 1. The molecule has 0 aliphatic carbocycles. The van der Waals surface area contributed by atoms with E-state index < -0.39 is 30.0 Å². The van der Waals surface area contributed by atoms with Crippen LogP contribution in [0, 0.1) is 6.92 Å². The van der Waals surface area contributed by atoms with Crippen molar-refractivity contribution in [2.75, 3.05) is 5.75 Å². The predicted octanol–water partition coefficient (Wildman–Crippen LogP) is 4.49. The molecule has 11 heteroatoms. The Morgan fingerprint density at radius 3 is 2.47 bits per heavy atom. The summed E-state index contributed by atoms with van der Waals surface area (Å²) >= 11 is 4.31. The third-order valence-corrected chi connectivity index (χ3v) is 7.14. The molecule has 2 aromatic carbocycles. The highest BCUT2D eigenvalue weighted by Crippen LogP contribution is 2.34. The fourth-order valence-corrected chi connectivity index (χ4v) is 4.98. The Morgan fingerprint density at radius 2 is 1.82 bits per heavy atom. The summed E-state index contributed by atoms with van der Waals surface area (Å²) in [5.41, 5.74) is 2.62. The molecule has 1 fully saturated rings. The predicted molar refractivity (Wildman–Crippen MR) is 128 cm³/mol. The van der Waals surface area contributed by atoms with Crippen LogP contribution in [0.4, 0.5) is 13.2 Å². The van der Waals surface area contributed by atoms with Crippen molar-refractivity contribution in [3.8, 4) is 0 Å². The van der Waals surface area contributed by atoms with Gasteiger partial charge >= 0.3 is 6.18 Å². The average Bonchev–Trinajstić information content (AvgIpc) is 3.23. The van der Waals surface area contributed by atoms with Crippen molar-refractivity contribution in [3.63, 3.8) is 0 Å². The van der Waals surface area contributed by atoms with Gasteiger partial charge in [-0.15, -0.1) is 11.8 Å². The lowest BCUT2D eigenvalue weighted by atomic mass is 9.98. The zero-order valence-electron chi connectivity index (χ0n) is 18.1. The second-order valence-electron chi connectivity index (χ2n) is 8.15. The van der Waals surface area contributed by atoms with E-state index in [9.17, 15) is 22.8 Å². The maximum absolute atomic E-state index is 13.2. The van der Waals surface area contributed by atoms with Gasteiger partial charge in [0.2, 0.25) is 5.91 Å². The number of halogens is 4. The molecule has 2 N–H and O–H groups in total. The lowest BCUT2D eigenvalue weighted by Gasteiger charge is -2.32. The summed E-state index contributed by atoms with van der Waals surface area (Å²) in [4.78, 5) is 24.9. The molecule has 2 heterocycles. The lowest BCUT2D eigenvalue weighted by Crippen LogP contribution is -2.59. The average molecular weight is 555 g/mol. The number of hydrazone groups is 1. The molecule has 0 aromatic heterocycles. The van der Waals surface area contributed by atoms with E-state index in [0.29, 0.717) is 6.42 Å². The largest absolute Gasteiger partial charge is 0.404 e. The summed E-state index contributed by atoms with van der Waals surface area (Å²) < 4.78 is 40.2. The quantitative estimate of drug-likeness (QED) is 0.571. The van der Waals surface area contributed by atoms with Crippen molar-refractivity contribution in [3.05, 3.63) is 69.7 Å². The van der Waals surface area contributed by atoms with Crippen LogP contribution in [0.25, 0.3) is 0 Å². The van der Waals surface area contributed by atoms with E-state index in [1.807, 2.05) is 55.5 Å². The van der Waals surface area contributed by atoms with E-state index in [2.05, 4.69) is 31.7 Å². The zero-order chi connectivity index (χ0) is 24.5. The maximum atomic E-state index is 13.2. The number of rotatable bonds is 5. The molecule has 2 aliphatic heterocycles. The van der Waals surface area contributed by atoms with Gasteiger partial charge in [-0.3, -0.25) is 14.9 Å². The van der Waals surface area contributed by atoms with Crippen molar-refractivity contribution < 1.29 is 22.8 Å². The Hall–Kier alpha value is -2.37. The molecule has 1 saturated heterocycles. The second-order valence-corrected chi connectivity index (χ2v) is 10.2. The number of alkyl halides is 3. The minimum absolute atomic E-state index is 0.151. The standard InChI is InChI=1S/C23H22BrF3N4O2S/c1-13-2-4-15(5-3-13)18-10-17(14-6-8-16(24)9-7-14)30-31(18)21(33)12-34-22-28-19(23(25,26)27)11-20(32)29-22/h2-9,18-19,22,28H,10-12H2,1H3,(H,29,32). The molecular weight excluding hydrogens is 533 g/mol. The Balaban J connectivity index is 1.51. The third-order valence-electron chi connectivity index (χ3n) is 5.61. The first-order chi connectivity index (χ1) is 16.1. The van der Waals surface area contributed by atoms with Crippen LogP contribution >= 0.6 is 27.7 Å². The van der Waals surface area contributed by atoms with Gasteiger partial charge in [0.15, 0.2) is 0 Å². The van der Waals surface area contributed by atoms with Crippen LogP contribution in [0.1, 0.15) is 35.6 Å². The summed E-state index contributed by atoms with van der Waals surface area (Å²) in [6, 6.07) is 13.2. The summed E-state index contributed by atoms with van der Waals surface area (Å²) in [6.45, 7) is 1.97. The van der Waals surface area contributed by atoms with Crippen LogP contribution in [0.3, 0.4) is 0 Å². The third kappa shape index (κ3) is 5.81. The molecule has 0 bridgehead atoms. The molecule has 180 valence electrons. The Labute approximate surface area is 207 Å². The van der Waals surface area contributed by atoms with Gasteiger partial charge in [0.05, 0.1) is 23.9 Å². The molecule has 2 aromatic rings. The van der Waals surface area contributed by atoms with E-state index in [1.54, 1.807) is 0 Å². The highest BCUT2D eigenvalue weighted by atomic mass is 79.9. The fraction of sp³-hybridized carbons (Fsp3) is 0.348. The number of amides is 2. The van der Waals surface area contributed by atoms with E-state index in [4.69, 9.17) is 0 Å². The lowest BCUT2D eigenvalue weighted by molar-refractivity contribution is -0.167. The molecule has 0 saturated carbocycles. The van der Waals surface area contributed by atoms with E-state index in [0.717, 1.165) is 38.6 Å². The normalized spacial score (nSPS) is 23.0. The second kappa shape index (κ2) is 10.1. The molecule has 0 radical (unpaired) electrons. The van der Waals surface area contributed by atoms with Gasteiger partial charge in [-0.25, -0.2) is 5.01 Å². The molecule has 2 amide bonds. The highest BCUT2D eigenvalue weighted by Gasteiger charge is 2.45. The summed E-state index contributed by atoms with van der Waals surface area (Å²) in [5, 5.41) is 10.8. The first-order valence-electron chi connectivity index (χ1n) is 10.6. The SMILES string of the molecule is Cc1ccc(C2CC(c3ccc(Br)cc3)=NN2C(=O)CSC2NC(=O)CC(C(F)(F)F)N2)cc1. The van der Waals surface area contributed by atoms with Crippen molar-refractivity contribution in [2.24, 2.45) is 5.10 Å². The van der Waals surface area contributed by atoms with Gasteiger partial charge in [-0.05, 0) is 30.2 Å². The smallest absolute Gasteiger partial charge is 0.332 e. The number of nitrogens with one attached hydrogen (secondary N) is 2. The Morgan fingerprint density at radius 1 is 1.15 bits per heavy atom. The minimum Gasteiger partial charge on any atom is -0.332 e. The van der Waals surface area contributed by atoms with Crippen LogP contribution in [0.5, 0.6) is 0 Å². The van der Waals surface area contributed by atoms with Crippen molar-refractivity contribution in [2.45, 2.75) is 43.5 Å². The molecule has 34 heavy (non-hydrogen) atoms. The van der Waals surface area contributed by atoms with Crippen LogP contribution < -0.4 is 10.6 Å².